The number of hydrogen-bond acceptors (Lipinski definition) is 8. The average Bonchev–Trinajstić information content (AvgIpc) is 3.56. The number of piperidine rings is 1. The summed E-state index contributed by atoms with van der Waals surface area (Å²) in [6.45, 7) is 6.51. The molecule has 3 spiro atoms. The van der Waals surface area contributed by atoms with Crippen LogP contribution in [0.25, 0.3) is 0 Å². The van der Waals surface area contributed by atoms with Crippen LogP contribution in [-0.4, -0.2) is 93.7 Å². The Hall–Kier alpha value is -1.62. The van der Waals surface area contributed by atoms with Gasteiger partial charge in [-0.2, -0.15) is 0 Å². The minimum absolute atomic E-state index is 0.0114. The molecule has 5 saturated carbocycles. The molecule has 5 aliphatic carbocycles. The van der Waals surface area contributed by atoms with Gasteiger partial charge in [-0.15, -0.1) is 0 Å². The molecular weight excluding hydrogens is 529 g/mol. The van der Waals surface area contributed by atoms with E-state index in [2.05, 4.69) is 18.7 Å². The van der Waals surface area contributed by atoms with Crippen molar-refractivity contribution < 1.29 is 37.6 Å². The van der Waals surface area contributed by atoms with Crippen LogP contribution in [0.2, 0.25) is 0 Å². The van der Waals surface area contributed by atoms with E-state index in [4.69, 9.17) is 28.4 Å². The number of methoxy groups -OCH3 is 3. The average molecular weight is 572 g/mol. The lowest BCUT2D eigenvalue weighted by Gasteiger charge is -2.69. The number of benzene rings is 1. The van der Waals surface area contributed by atoms with Gasteiger partial charge in [0, 0.05) is 57.5 Å². The molecule has 2 aliphatic heterocycles. The lowest BCUT2D eigenvalue weighted by atomic mass is 9.43. The SMILES string of the molecule is CCN1C[C@]2(C)CC[C@H](OC)[C@]34[C@@H]5C[C@H]6[C@H](OC)[C@@H]5[C@@]5(C[C@@H]6OC)OCO[C@]5([C@H]13)[C@@H](OC(=O)c1ccc(F)cc1)[C@H]24. The summed E-state index contributed by atoms with van der Waals surface area (Å²) >= 11 is 0. The lowest BCUT2D eigenvalue weighted by molar-refractivity contribution is -0.282. The van der Waals surface area contributed by atoms with Gasteiger partial charge in [-0.3, -0.25) is 4.90 Å². The van der Waals surface area contributed by atoms with Crippen LogP contribution >= 0.6 is 0 Å². The highest BCUT2D eigenvalue weighted by atomic mass is 19.1. The fraction of sp³-hybridized carbons (Fsp3) is 0.781. The zero-order valence-corrected chi connectivity index (χ0v) is 24.6. The van der Waals surface area contributed by atoms with Crippen molar-refractivity contribution in [2.45, 2.75) is 81.2 Å². The van der Waals surface area contributed by atoms with Crippen LogP contribution in [0.15, 0.2) is 24.3 Å². The van der Waals surface area contributed by atoms with E-state index in [1.54, 1.807) is 7.11 Å². The number of hydrogen-bond donors (Lipinski definition) is 0. The molecule has 7 bridgehead atoms. The third kappa shape index (κ3) is 2.86. The summed E-state index contributed by atoms with van der Waals surface area (Å²) in [5.74, 6) is -0.275. The van der Waals surface area contributed by atoms with Crippen molar-refractivity contribution in [3.05, 3.63) is 35.6 Å². The maximum Gasteiger partial charge on any atom is 0.338 e. The second-order valence-electron chi connectivity index (χ2n) is 14.0. The van der Waals surface area contributed by atoms with E-state index in [9.17, 15) is 9.18 Å². The van der Waals surface area contributed by atoms with Crippen LogP contribution in [0, 0.1) is 40.3 Å². The highest BCUT2D eigenvalue weighted by Gasteiger charge is 2.94. The van der Waals surface area contributed by atoms with Gasteiger partial charge in [-0.05, 0) is 61.4 Å². The molecule has 7 aliphatic rings. The largest absolute Gasteiger partial charge is 0.455 e. The van der Waals surface area contributed by atoms with Crippen molar-refractivity contribution in [1.82, 2.24) is 4.90 Å². The maximum absolute atomic E-state index is 14.0. The van der Waals surface area contributed by atoms with Gasteiger partial charge in [0.1, 0.15) is 24.3 Å². The summed E-state index contributed by atoms with van der Waals surface area (Å²) in [5.41, 5.74) is -1.77. The Morgan fingerprint density at radius 1 is 1.12 bits per heavy atom. The summed E-state index contributed by atoms with van der Waals surface area (Å²) < 4.78 is 53.6. The number of esters is 1. The van der Waals surface area contributed by atoms with Crippen molar-refractivity contribution in [3.8, 4) is 0 Å². The molecule has 0 radical (unpaired) electrons. The molecule has 1 aromatic rings. The van der Waals surface area contributed by atoms with Crippen molar-refractivity contribution >= 4 is 5.97 Å². The summed E-state index contributed by atoms with van der Waals surface area (Å²) in [6, 6.07) is 5.57. The Labute approximate surface area is 241 Å². The van der Waals surface area contributed by atoms with Gasteiger partial charge in [0.15, 0.2) is 5.60 Å². The summed E-state index contributed by atoms with van der Waals surface area (Å²) in [6.07, 6.45) is 2.87. The molecule has 7 fully saturated rings. The number of halogens is 1. The number of carbonyl (C=O) groups excluding carboxylic acids is 1. The maximum atomic E-state index is 14.0. The Kier molecular flexibility index (Phi) is 5.74. The number of rotatable bonds is 6. The monoisotopic (exact) mass is 571 g/mol. The minimum Gasteiger partial charge on any atom is -0.455 e. The lowest BCUT2D eigenvalue weighted by Crippen LogP contribution is -2.81. The molecule has 8 nitrogen and oxygen atoms in total. The predicted octanol–water partition coefficient (Wildman–Crippen LogP) is 3.67. The molecule has 2 saturated heterocycles. The highest BCUT2D eigenvalue weighted by Crippen LogP contribution is 2.82. The van der Waals surface area contributed by atoms with Gasteiger partial charge in [0.25, 0.3) is 0 Å². The first kappa shape index (κ1) is 27.0. The van der Waals surface area contributed by atoms with E-state index in [0.29, 0.717) is 12.0 Å². The highest BCUT2D eigenvalue weighted by molar-refractivity contribution is 5.89. The predicted molar refractivity (Wildman–Crippen MR) is 144 cm³/mol. The Bertz CT molecular complexity index is 1250. The van der Waals surface area contributed by atoms with Crippen LogP contribution in [0.3, 0.4) is 0 Å². The number of carbonyl (C=O) groups is 1. The van der Waals surface area contributed by atoms with Crippen LogP contribution in [-0.2, 0) is 28.4 Å². The van der Waals surface area contributed by atoms with Gasteiger partial charge < -0.3 is 28.4 Å². The van der Waals surface area contributed by atoms with E-state index >= 15 is 0 Å². The third-order valence-corrected chi connectivity index (χ3v) is 13.1. The van der Waals surface area contributed by atoms with Gasteiger partial charge >= 0.3 is 5.97 Å². The Morgan fingerprint density at radius 2 is 1.90 bits per heavy atom. The van der Waals surface area contributed by atoms with Crippen LogP contribution in [0.1, 0.15) is 49.9 Å². The number of likely N-dealkylation sites (tertiary alicyclic amines) is 1. The van der Waals surface area contributed by atoms with E-state index in [1.807, 2.05) is 14.2 Å². The fourth-order valence-electron chi connectivity index (χ4n) is 12.3. The Balaban J connectivity index is 1.40. The second kappa shape index (κ2) is 8.73. The quantitative estimate of drug-likeness (QED) is 0.479. The van der Waals surface area contributed by atoms with Gasteiger partial charge in [-0.1, -0.05) is 13.8 Å². The fourth-order valence-corrected chi connectivity index (χ4v) is 12.3. The molecule has 0 unspecified atom stereocenters. The molecule has 224 valence electrons. The van der Waals surface area contributed by atoms with Crippen molar-refractivity contribution in [1.29, 1.82) is 0 Å². The van der Waals surface area contributed by atoms with E-state index in [0.717, 1.165) is 32.4 Å². The van der Waals surface area contributed by atoms with Gasteiger partial charge in [-0.25, -0.2) is 9.18 Å². The van der Waals surface area contributed by atoms with Crippen molar-refractivity contribution in [2.75, 3.05) is 41.2 Å². The van der Waals surface area contributed by atoms with Crippen LogP contribution in [0.4, 0.5) is 4.39 Å². The standard InChI is InChI=1S/C32H42FNO7/c1-6-34-15-29(2)12-11-22(37-4)31-20-13-19-21(36-3)14-30(23(20)24(19)38-5)32(28(31)34,40-16-39-30)26(25(29)31)41-27(35)17-7-9-18(33)10-8-17/h7-10,19-26,28H,6,11-16H2,1-5H3/t19-,20-,21+,22+,23-,24+,25-,26+,28-,29+,30-,31+,32+/m1/s1. The molecule has 13 atom stereocenters. The molecule has 0 aromatic heterocycles. The van der Waals surface area contributed by atoms with E-state index in [-0.39, 0.29) is 71.5 Å². The summed E-state index contributed by atoms with van der Waals surface area (Å²) in [4.78, 5) is 16.6. The van der Waals surface area contributed by atoms with Gasteiger partial charge in [0.2, 0.25) is 0 Å². The number of ether oxygens (including phenoxy) is 6. The van der Waals surface area contributed by atoms with Gasteiger partial charge in [0.05, 0.1) is 29.9 Å². The van der Waals surface area contributed by atoms with Crippen LogP contribution < -0.4 is 0 Å². The van der Waals surface area contributed by atoms with Crippen molar-refractivity contribution in [3.63, 3.8) is 0 Å². The van der Waals surface area contributed by atoms with E-state index < -0.39 is 23.3 Å². The smallest absolute Gasteiger partial charge is 0.338 e. The molecule has 1 aromatic carbocycles. The molecular formula is C32H42FNO7. The zero-order valence-electron chi connectivity index (χ0n) is 24.6. The molecule has 0 N–H and O–H groups in total. The van der Waals surface area contributed by atoms with Crippen LogP contribution in [0.5, 0.6) is 0 Å². The first-order chi connectivity index (χ1) is 19.8. The summed E-state index contributed by atoms with van der Waals surface area (Å²) in [7, 11) is 5.44. The molecule has 41 heavy (non-hydrogen) atoms. The normalized spacial score (nSPS) is 52.4. The number of nitrogens with zero attached hydrogens (tertiary/aromatic N) is 1. The Morgan fingerprint density at radius 3 is 2.59 bits per heavy atom. The molecule has 8 rings (SSSR count). The van der Waals surface area contributed by atoms with E-state index in [1.165, 1.54) is 24.3 Å². The second-order valence-corrected chi connectivity index (χ2v) is 14.0. The summed E-state index contributed by atoms with van der Waals surface area (Å²) in [5, 5.41) is 0. The molecule has 0 amide bonds. The zero-order chi connectivity index (χ0) is 28.5. The first-order valence-corrected chi connectivity index (χ1v) is 15.3. The topological polar surface area (TPSA) is 75.7 Å². The number of fused-ring (bicyclic) bond motifs is 1. The minimum atomic E-state index is -0.924. The molecule has 2 heterocycles. The van der Waals surface area contributed by atoms with Crippen molar-refractivity contribution in [2.24, 2.45) is 34.5 Å². The third-order valence-electron chi connectivity index (χ3n) is 13.1. The molecule has 9 heteroatoms. The number of likely N-dealkylation sites (N-methyl/N-ethyl adjacent to an activating group) is 1. The first-order valence-electron chi connectivity index (χ1n) is 15.3.